The summed E-state index contributed by atoms with van der Waals surface area (Å²) in [6, 6.07) is 4.76. The number of rotatable bonds is 5. The summed E-state index contributed by atoms with van der Waals surface area (Å²) in [6.45, 7) is 7.61. The van der Waals surface area contributed by atoms with Crippen molar-refractivity contribution in [2.45, 2.75) is 51.1 Å². The molecular formula is C14H20N2O3S2. The first-order valence-electron chi connectivity index (χ1n) is 6.93. The van der Waals surface area contributed by atoms with Gasteiger partial charge in [-0.25, -0.2) is 13.1 Å². The highest BCUT2D eigenvalue weighted by Gasteiger charge is 2.19. The Morgan fingerprint density at radius 1 is 1.29 bits per heavy atom. The molecule has 0 spiro atoms. The number of fused-ring (bicyclic) bond motifs is 1. The molecule has 0 unspecified atom stereocenters. The highest BCUT2D eigenvalue weighted by molar-refractivity contribution is 7.89. The zero-order chi connectivity index (χ0) is 15.8. The van der Waals surface area contributed by atoms with Crippen LogP contribution in [0.2, 0.25) is 0 Å². The first-order valence-corrected chi connectivity index (χ1v) is 9.23. The van der Waals surface area contributed by atoms with Gasteiger partial charge in [0.1, 0.15) is 0 Å². The number of nitrogens with zero attached hydrogens (tertiary/aromatic N) is 1. The molecular weight excluding hydrogens is 308 g/mol. The molecule has 1 aromatic heterocycles. The van der Waals surface area contributed by atoms with Gasteiger partial charge in [0.05, 0.1) is 15.1 Å². The van der Waals surface area contributed by atoms with Crippen LogP contribution in [0, 0.1) is 0 Å². The average molecular weight is 328 g/mol. The number of thiazole rings is 1. The molecule has 0 bridgehead atoms. The number of sulfonamides is 1. The lowest BCUT2D eigenvalue weighted by Crippen LogP contribution is -2.31. The van der Waals surface area contributed by atoms with E-state index in [9.17, 15) is 13.2 Å². The standard InChI is InChI=1S/C14H20N2O3S2/c1-5-10(4)15-21(18,19)11-6-7-12-13(8-11)20-14(17)16(12)9(2)3/h6-10,15H,5H2,1-4H3/t10-/m0/s1. The van der Waals surface area contributed by atoms with Crippen LogP contribution in [0.1, 0.15) is 40.2 Å². The average Bonchev–Trinajstić information content (AvgIpc) is 2.72. The molecule has 7 heteroatoms. The van der Waals surface area contributed by atoms with E-state index in [0.717, 1.165) is 23.3 Å². The Labute approximate surface area is 128 Å². The van der Waals surface area contributed by atoms with Crippen LogP contribution in [-0.2, 0) is 10.0 Å². The molecule has 116 valence electrons. The molecule has 0 radical (unpaired) electrons. The summed E-state index contributed by atoms with van der Waals surface area (Å²) in [5.74, 6) is 0. The lowest BCUT2D eigenvalue weighted by atomic mass is 10.3. The minimum Gasteiger partial charge on any atom is -0.296 e. The zero-order valence-electron chi connectivity index (χ0n) is 12.6. The molecule has 0 aliphatic heterocycles. The van der Waals surface area contributed by atoms with Crippen LogP contribution in [-0.4, -0.2) is 19.0 Å². The molecule has 2 aromatic rings. The van der Waals surface area contributed by atoms with Gasteiger partial charge < -0.3 is 0 Å². The highest BCUT2D eigenvalue weighted by Crippen LogP contribution is 2.24. The van der Waals surface area contributed by atoms with Crippen molar-refractivity contribution in [1.82, 2.24) is 9.29 Å². The Hall–Kier alpha value is -1.18. The molecule has 0 saturated carbocycles. The van der Waals surface area contributed by atoms with Gasteiger partial charge >= 0.3 is 4.87 Å². The number of hydrogen-bond donors (Lipinski definition) is 1. The van der Waals surface area contributed by atoms with Gasteiger partial charge in [0.2, 0.25) is 10.0 Å². The molecule has 21 heavy (non-hydrogen) atoms. The Morgan fingerprint density at radius 2 is 1.95 bits per heavy atom. The van der Waals surface area contributed by atoms with Crippen molar-refractivity contribution in [3.63, 3.8) is 0 Å². The fraction of sp³-hybridized carbons (Fsp3) is 0.500. The molecule has 0 aliphatic rings. The van der Waals surface area contributed by atoms with Crippen molar-refractivity contribution >= 4 is 31.6 Å². The summed E-state index contributed by atoms with van der Waals surface area (Å²) in [4.78, 5) is 12.1. The minimum atomic E-state index is -3.54. The van der Waals surface area contributed by atoms with Crippen molar-refractivity contribution < 1.29 is 8.42 Å². The minimum absolute atomic E-state index is 0.0481. The third-order valence-corrected chi connectivity index (χ3v) is 5.89. The largest absolute Gasteiger partial charge is 0.308 e. The van der Waals surface area contributed by atoms with Crippen molar-refractivity contribution in [3.05, 3.63) is 27.9 Å². The smallest absolute Gasteiger partial charge is 0.296 e. The van der Waals surface area contributed by atoms with Crippen molar-refractivity contribution in [2.75, 3.05) is 0 Å². The molecule has 0 saturated heterocycles. The predicted octanol–water partition coefficient (Wildman–Crippen LogP) is 2.72. The fourth-order valence-electron chi connectivity index (χ4n) is 2.09. The predicted molar refractivity (Wildman–Crippen MR) is 86.5 cm³/mol. The monoisotopic (exact) mass is 328 g/mol. The van der Waals surface area contributed by atoms with E-state index >= 15 is 0 Å². The van der Waals surface area contributed by atoms with Crippen molar-refractivity contribution in [2.24, 2.45) is 0 Å². The molecule has 5 nitrogen and oxygen atoms in total. The fourth-order valence-corrected chi connectivity index (χ4v) is 4.57. The van der Waals surface area contributed by atoms with E-state index in [-0.39, 0.29) is 21.9 Å². The SMILES string of the molecule is CC[C@H](C)NS(=O)(=O)c1ccc2c(c1)sc(=O)n2C(C)C. The van der Waals surface area contributed by atoms with E-state index in [0.29, 0.717) is 4.70 Å². The summed E-state index contributed by atoms with van der Waals surface area (Å²) in [5.41, 5.74) is 0.780. The van der Waals surface area contributed by atoms with E-state index in [1.165, 1.54) is 0 Å². The first-order chi connectivity index (χ1) is 9.76. The van der Waals surface area contributed by atoms with Gasteiger partial charge in [0.15, 0.2) is 0 Å². The Kier molecular flexibility index (Phi) is 4.55. The maximum Gasteiger partial charge on any atom is 0.308 e. The lowest BCUT2D eigenvalue weighted by molar-refractivity contribution is 0.556. The number of aromatic nitrogens is 1. The Bertz CT molecular complexity index is 803. The zero-order valence-corrected chi connectivity index (χ0v) is 14.2. The number of benzene rings is 1. The number of nitrogens with one attached hydrogen (secondary N) is 1. The molecule has 1 atom stereocenters. The van der Waals surface area contributed by atoms with Crippen LogP contribution < -0.4 is 9.60 Å². The second-order valence-electron chi connectivity index (χ2n) is 5.39. The lowest BCUT2D eigenvalue weighted by Gasteiger charge is -2.12. The molecule has 0 fully saturated rings. The van der Waals surface area contributed by atoms with Gasteiger partial charge in [0, 0.05) is 12.1 Å². The maximum absolute atomic E-state index is 12.3. The van der Waals surface area contributed by atoms with Crippen LogP contribution in [0.4, 0.5) is 0 Å². The maximum atomic E-state index is 12.3. The second-order valence-corrected chi connectivity index (χ2v) is 8.10. The molecule has 1 heterocycles. The summed E-state index contributed by atoms with van der Waals surface area (Å²) in [6.07, 6.45) is 0.721. The van der Waals surface area contributed by atoms with Crippen LogP contribution in [0.15, 0.2) is 27.9 Å². The van der Waals surface area contributed by atoms with E-state index in [4.69, 9.17) is 0 Å². The quantitative estimate of drug-likeness (QED) is 0.917. The van der Waals surface area contributed by atoms with Gasteiger partial charge in [0.25, 0.3) is 0 Å². The molecule has 2 rings (SSSR count). The van der Waals surface area contributed by atoms with Crippen molar-refractivity contribution in [3.8, 4) is 0 Å². The Morgan fingerprint density at radius 3 is 2.52 bits per heavy atom. The third kappa shape index (κ3) is 3.20. The first kappa shape index (κ1) is 16.2. The van der Waals surface area contributed by atoms with E-state index < -0.39 is 10.0 Å². The second kappa shape index (κ2) is 5.90. The van der Waals surface area contributed by atoms with Gasteiger partial charge in [-0.1, -0.05) is 18.3 Å². The van der Waals surface area contributed by atoms with Crippen LogP contribution in [0.3, 0.4) is 0 Å². The summed E-state index contributed by atoms with van der Waals surface area (Å²) in [7, 11) is -3.54. The van der Waals surface area contributed by atoms with Gasteiger partial charge in [-0.2, -0.15) is 0 Å². The van der Waals surface area contributed by atoms with Gasteiger partial charge in [-0.05, 0) is 45.4 Å². The van der Waals surface area contributed by atoms with Crippen LogP contribution in [0.25, 0.3) is 10.2 Å². The summed E-state index contributed by atoms with van der Waals surface area (Å²) in [5, 5.41) is 0. The van der Waals surface area contributed by atoms with Crippen molar-refractivity contribution in [1.29, 1.82) is 0 Å². The Balaban J connectivity index is 2.52. The molecule has 0 aliphatic carbocycles. The molecule has 1 N–H and O–H groups in total. The van der Waals surface area contributed by atoms with Gasteiger partial charge in [-0.3, -0.25) is 9.36 Å². The van der Waals surface area contributed by atoms with E-state index in [1.54, 1.807) is 22.8 Å². The third-order valence-electron chi connectivity index (χ3n) is 3.38. The molecule has 1 aromatic carbocycles. The molecule has 0 amide bonds. The van der Waals surface area contributed by atoms with Crippen LogP contribution in [0.5, 0.6) is 0 Å². The van der Waals surface area contributed by atoms with E-state index in [2.05, 4.69) is 4.72 Å². The highest BCUT2D eigenvalue weighted by atomic mass is 32.2. The van der Waals surface area contributed by atoms with E-state index in [1.807, 2.05) is 27.7 Å². The topological polar surface area (TPSA) is 68.2 Å². The summed E-state index contributed by atoms with van der Waals surface area (Å²) >= 11 is 1.08. The van der Waals surface area contributed by atoms with Gasteiger partial charge in [-0.15, -0.1) is 0 Å². The number of hydrogen-bond acceptors (Lipinski definition) is 4. The summed E-state index contributed by atoms with van der Waals surface area (Å²) < 4.78 is 29.6. The van der Waals surface area contributed by atoms with Crippen LogP contribution >= 0.6 is 11.3 Å². The normalized spacial score (nSPS) is 14.0.